The molecule has 3 aliphatic heterocycles. The number of piperidine rings is 2. The van der Waals surface area contributed by atoms with E-state index in [-0.39, 0.29) is 0 Å². The molecule has 0 N–H and O–H groups in total. The van der Waals surface area contributed by atoms with E-state index in [9.17, 15) is 0 Å². The number of rotatable bonds is 0. The molecule has 0 aromatic heterocycles. The maximum atomic E-state index is 7.09. The van der Waals surface area contributed by atoms with Crippen LogP contribution in [0.15, 0.2) is 0 Å². The predicted molar refractivity (Wildman–Crippen MR) is 103 cm³/mol. The van der Waals surface area contributed by atoms with Gasteiger partial charge in [-0.3, -0.25) is 0 Å². The molecule has 144 valence electrons. The largest absolute Gasteiger partial charge is 0.371 e. The summed E-state index contributed by atoms with van der Waals surface area (Å²) in [5.41, 5.74) is 0.354. The second-order valence-corrected chi connectivity index (χ2v) is 11.4. The highest BCUT2D eigenvalue weighted by Gasteiger charge is 2.69. The maximum absolute atomic E-state index is 7.09. The fourth-order valence-corrected chi connectivity index (χ4v) is 10.1. The number of hydrogen-bond donors (Lipinski definition) is 0. The Kier molecular flexibility index (Phi) is 3.34. The van der Waals surface area contributed by atoms with Crippen molar-refractivity contribution in [1.29, 1.82) is 0 Å². The topological polar surface area (TPSA) is 12.5 Å². The zero-order valence-electron chi connectivity index (χ0n) is 16.5. The van der Waals surface area contributed by atoms with Crippen molar-refractivity contribution in [2.24, 2.45) is 41.4 Å². The van der Waals surface area contributed by atoms with E-state index in [0.29, 0.717) is 11.7 Å². The molecule has 2 heteroatoms. The van der Waals surface area contributed by atoms with Gasteiger partial charge in [0.25, 0.3) is 0 Å². The third-order valence-corrected chi connectivity index (χ3v) is 10.9. The molecule has 9 unspecified atom stereocenters. The van der Waals surface area contributed by atoms with Crippen LogP contribution in [0.4, 0.5) is 0 Å². The molecular formula is C24H37NO. The average Bonchev–Trinajstić information content (AvgIpc) is 3.00. The summed E-state index contributed by atoms with van der Waals surface area (Å²) in [7, 11) is 0. The molecule has 7 rings (SSSR count). The summed E-state index contributed by atoms with van der Waals surface area (Å²) < 4.78 is 7.09. The van der Waals surface area contributed by atoms with E-state index < -0.39 is 0 Å². The van der Waals surface area contributed by atoms with Crippen LogP contribution in [0, 0.1) is 41.4 Å². The minimum absolute atomic E-state index is 0.354. The van der Waals surface area contributed by atoms with Crippen molar-refractivity contribution in [3.8, 4) is 0 Å². The van der Waals surface area contributed by atoms with E-state index in [0.717, 1.165) is 47.5 Å². The SMILES string of the molecule is C1CCN2CC3C(CCC4C3C[C@]35OC6CCCC3C6CCC45)CC2C1. The number of fused-ring (bicyclic) bond motifs is 5. The van der Waals surface area contributed by atoms with Crippen molar-refractivity contribution in [3.63, 3.8) is 0 Å². The van der Waals surface area contributed by atoms with E-state index >= 15 is 0 Å². The van der Waals surface area contributed by atoms with Crippen LogP contribution < -0.4 is 0 Å². The molecule has 0 amide bonds. The quantitative estimate of drug-likeness (QED) is 0.614. The van der Waals surface area contributed by atoms with E-state index in [2.05, 4.69) is 4.90 Å². The summed E-state index contributed by atoms with van der Waals surface area (Å²) in [4.78, 5) is 2.93. The highest BCUT2D eigenvalue weighted by Crippen LogP contribution is 2.69. The summed E-state index contributed by atoms with van der Waals surface area (Å²) >= 11 is 0. The second kappa shape index (κ2) is 5.50. The number of ether oxygens (including phenoxy) is 1. The van der Waals surface area contributed by atoms with Crippen molar-refractivity contribution in [2.75, 3.05) is 13.1 Å². The molecule has 4 saturated carbocycles. The number of nitrogens with zero attached hydrogens (tertiary/aromatic N) is 1. The summed E-state index contributed by atoms with van der Waals surface area (Å²) in [6, 6.07) is 0.953. The Balaban J connectivity index is 1.21. The first-order valence-electron chi connectivity index (χ1n) is 12.3. The fraction of sp³-hybridized carbons (Fsp3) is 1.00. The van der Waals surface area contributed by atoms with Gasteiger partial charge in [-0.05, 0) is 112 Å². The lowest BCUT2D eigenvalue weighted by atomic mass is 9.59. The van der Waals surface area contributed by atoms with E-state index in [1.165, 1.54) is 70.9 Å². The maximum Gasteiger partial charge on any atom is 0.0751 e. The van der Waals surface area contributed by atoms with Gasteiger partial charge >= 0.3 is 0 Å². The van der Waals surface area contributed by atoms with Crippen LogP contribution in [-0.2, 0) is 4.74 Å². The Morgan fingerprint density at radius 3 is 2.65 bits per heavy atom. The normalized spacial score (nSPS) is 60.7. The Bertz CT molecular complexity index is 591. The van der Waals surface area contributed by atoms with E-state index in [4.69, 9.17) is 4.74 Å². The van der Waals surface area contributed by atoms with Crippen LogP contribution in [0.5, 0.6) is 0 Å². The van der Waals surface area contributed by atoms with Crippen molar-refractivity contribution in [1.82, 2.24) is 4.90 Å². The zero-order chi connectivity index (χ0) is 16.9. The predicted octanol–water partition coefficient (Wildman–Crippen LogP) is 4.87. The van der Waals surface area contributed by atoms with Crippen molar-refractivity contribution < 1.29 is 4.74 Å². The van der Waals surface area contributed by atoms with Crippen LogP contribution >= 0.6 is 0 Å². The van der Waals surface area contributed by atoms with Gasteiger partial charge < -0.3 is 9.64 Å². The van der Waals surface area contributed by atoms with Crippen LogP contribution in [0.2, 0.25) is 0 Å². The zero-order valence-corrected chi connectivity index (χ0v) is 16.5. The van der Waals surface area contributed by atoms with Gasteiger partial charge in [-0.1, -0.05) is 12.8 Å². The summed E-state index contributed by atoms with van der Waals surface area (Å²) in [5.74, 6) is 6.97. The van der Waals surface area contributed by atoms with E-state index in [1.54, 1.807) is 19.3 Å². The Labute approximate surface area is 159 Å². The standard InChI is InChI=1S/C24H37NO/c1-2-11-25-14-20-15(12-16(25)4-1)7-8-17-19(20)13-24-21-5-3-6-23(26-24)18(21)9-10-22(17)24/h15-23H,1-14H2/t15?,16?,17?,18?,19?,20?,21?,22?,23?,24-/m0/s1. The van der Waals surface area contributed by atoms with Gasteiger partial charge in [0, 0.05) is 12.6 Å². The monoisotopic (exact) mass is 355 g/mol. The second-order valence-electron chi connectivity index (χ2n) is 11.4. The molecule has 0 aromatic carbocycles. The van der Waals surface area contributed by atoms with Crippen LogP contribution in [0.25, 0.3) is 0 Å². The lowest BCUT2D eigenvalue weighted by Crippen LogP contribution is -2.53. The minimum Gasteiger partial charge on any atom is -0.371 e. The summed E-state index contributed by atoms with van der Waals surface area (Å²) in [6.45, 7) is 2.86. The van der Waals surface area contributed by atoms with Crippen molar-refractivity contribution >= 4 is 0 Å². The molecule has 1 spiro atoms. The first kappa shape index (κ1) is 15.8. The summed E-state index contributed by atoms with van der Waals surface area (Å²) in [6.07, 6.45) is 18.6. The van der Waals surface area contributed by atoms with Crippen LogP contribution in [0.1, 0.15) is 77.0 Å². The lowest BCUT2D eigenvalue weighted by Gasteiger charge is -2.52. The molecule has 4 bridgehead atoms. The lowest BCUT2D eigenvalue weighted by molar-refractivity contribution is -0.0835. The molecule has 2 nitrogen and oxygen atoms in total. The van der Waals surface area contributed by atoms with Gasteiger partial charge in [0.15, 0.2) is 0 Å². The first-order chi connectivity index (χ1) is 12.8. The Hall–Kier alpha value is -0.0800. The molecule has 7 aliphatic rings. The molecule has 3 saturated heterocycles. The molecule has 7 fully saturated rings. The highest BCUT2D eigenvalue weighted by molar-refractivity contribution is 5.18. The molecule has 3 heterocycles. The molecule has 10 atom stereocenters. The van der Waals surface area contributed by atoms with Crippen LogP contribution in [0.3, 0.4) is 0 Å². The molecule has 0 aromatic rings. The third-order valence-electron chi connectivity index (χ3n) is 10.9. The van der Waals surface area contributed by atoms with Crippen molar-refractivity contribution in [3.05, 3.63) is 0 Å². The highest BCUT2D eigenvalue weighted by atomic mass is 16.5. The van der Waals surface area contributed by atoms with Crippen molar-refractivity contribution in [2.45, 2.75) is 94.8 Å². The fourth-order valence-electron chi connectivity index (χ4n) is 10.1. The minimum atomic E-state index is 0.354. The van der Waals surface area contributed by atoms with Gasteiger partial charge in [-0.2, -0.15) is 0 Å². The van der Waals surface area contributed by atoms with Gasteiger partial charge in [0.1, 0.15) is 0 Å². The van der Waals surface area contributed by atoms with Gasteiger partial charge in [0.05, 0.1) is 11.7 Å². The molecule has 4 aliphatic carbocycles. The Morgan fingerprint density at radius 1 is 0.731 bits per heavy atom. The average molecular weight is 356 g/mol. The van der Waals surface area contributed by atoms with Gasteiger partial charge in [0.2, 0.25) is 0 Å². The first-order valence-corrected chi connectivity index (χ1v) is 12.3. The van der Waals surface area contributed by atoms with Gasteiger partial charge in [-0.15, -0.1) is 0 Å². The van der Waals surface area contributed by atoms with E-state index in [1.807, 2.05) is 0 Å². The number of hydrogen-bond acceptors (Lipinski definition) is 2. The molecular weight excluding hydrogens is 318 g/mol. The molecule has 26 heavy (non-hydrogen) atoms. The Morgan fingerprint density at radius 2 is 1.65 bits per heavy atom. The molecule has 0 radical (unpaired) electrons. The third kappa shape index (κ3) is 1.92. The van der Waals surface area contributed by atoms with Crippen LogP contribution in [-0.4, -0.2) is 35.7 Å². The smallest absolute Gasteiger partial charge is 0.0751 e. The summed E-state index contributed by atoms with van der Waals surface area (Å²) in [5, 5.41) is 0. The van der Waals surface area contributed by atoms with Gasteiger partial charge in [-0.25, -0.2) is 0 Å².